The minimum atomic E-state index is -0.624. The van der Waals surface area contributed by atoms with Gasteiger partial charge >= 0.3 is 5.69 Å². The number of nitro benzene ring substituents is 1. The van der Waals surface area contributed by atoms with Crippen molar-refractivity contribution in [3.8, 4) is 17.1 Å². The highest BCUT2D eigenvalue weighted by atomic mass is 16.6. The van der Waals surface area contributed by atoms with Gasteiger partial charge in [0.2, 0.25) is 5.75 Å². The van der Waals surface area contributed by atoms with Gasteiger partial charge in [-0.05, 0) is 18.2 Å². The third-order valence-corrected chi connectivity index (χ3v) is 2.86. The van der Waals surface area contributed by atoms with Gasteiger partial charge in [0.15, 0.2) is 0 Å². The van der Waals surface area contributed by atoms with Crippen LogP contribution in [-0.2, 0) is 0 Å². The summed E-state index contributed by atoms with van der Waals surface area (Å²) >= 11 is 0. The molecule has 1 heterocycles. The maximum absolute atomic E-state index is 10.8. The van der Waals surface area contributed by atoms with E-state index in [0.717, 1.165) is 11.0 Å². The SMILES string of the molecule is O=[N+]([O-])c1cccc(-c2nc3ccccc3[nH]2)c1O. The topological polar surface area (TPSA) is 92.0 Å². The van der Waals surface area contributed by atoms with Crippen molar-refractivity contribution in [3.05, 3.63) is 52.6 Å². The van der Waals surface area contributed by atoms with Gasteiger partial charge in [-0.15, -0.1) is 0 Å². The van der Waals surface area contributed by atoms with Gasteiger partial charge in [-0.25, -0.2) is 4.98 Å². The van der Waals surface area contributed by atoms with E-state index in [4.69, 9.17) is 0 Å². The van der Waals surface area contributed by atoms with Crippen molar-refractivity contribution in [1.82, 2.24) is 9.97 Å². The first-order valence-corrected chi connectivity index (χ1v) is 5.58. The van der Waals surface area contributed by atoms with E-state index < -0.39 is 4.92 Å². The predicted octanol–water partition coefficient (Wildman–Crippen LogP) is 2.84. The molecule has 6 nitrogen and oxygen atoms in total. The second-order valence-corrected chi connectivity index (χ2v) is 4.03. The number of rotatable bonds is 2. The van der Waals surface area contributed by atoms with E-state index in [9.17, 15) is 15.2 Å². The van der Waals surface area contributed by atoms with Crippen molar-refractivity contribution in [2.24, 2.45) is 0 Å². The highest BCUT2D eigenvalue weighted by Gasteiger charge is 2.19. The van der Waals surface area contributed by atoms with E-state index in [2.05, 4.69) is 9.97 Å². The first-order chi connectivity index (χ1) is 9.16. The van der Waals surface area contributed by atoms with Gasteiger partial charge < -0.3 is 10.1 Å². The van der Waals surface area contributed by atoms with Gasteiger partial charge in [0, 0.05) is 6.07 Å². The van der Waals surface area contributed by atoms with Crippen LogP contribution in [0.5, 0.6) is 5.75 Å². The Hall–Kier alpha value is -2.89. The largest absolute Gasteiger partial charge is 0.502 e. The maximum atomic E-state index is 10.8. The second kappa shape index (κ2) is 4.09. The predicted molar refractivity (Wildman–Crippen MR) is 69.8 cm³/mol. The highest BCUT2D eigenvalue weighted by molar-refractivity contribution is 5.81. The van der Waals surface area contributed by atoms with Crippen LogP contribution in [0.1, 0.15) is 0 Å². The number of para-hydroxylation sites is 3. The Labute approximate surface area is 107 Å². The molecule has 0 aliphatic rings. The summed E-state index contributed by atoms with van der Waals surface area (Å²) in [5.41, 5.74) is 1.52. The average molecular weight is 255 g/mol. The molecular weight excluding hydrogens is 246 g/mol. The molecule has 3 aromatic rings. The first kappa shape index (κ1) is 11.2. The standard InChI is InChI=1S/C13H9N3O3/c17-12-8(4-3-7-11(12)16(18)19)13-14-9-5-1-2-6-10(9)15-13/h1-7,17H,(H,14,15). The summed E-state index contributed by atoms with van der Waals surface area (Å²) in [6, 6.07) is 11.7. The zero-order valence-corrected chi connectivity index (χ0v) is 9.70. The summed E-state index contributed by atoms with van der Waals surface area (Å²) in [7, 11) is 0. The molecule has 0 spiro atoms. The number of nitro groups is 1. The molecule has 0 atom stereocenters. The minimum Gasteiger partial charge on any atom is -0.502 e. The molecule has 0 fully saturated rings. The number of hydrogen-bond acceptors (Lipinski definition) is 4. The van der Waals surface area contributed by atoms with Crippen molar-refractivity contribution >= 4 is 16.7 Å². The normalized spacial score (nSPS) is 10.7. The van der Waals surface area contributed by atoms with E-state index >= 15 is 0 Å². The number of fused-ring (bicyclic) bond motifs is 1. The number of aromatic nitrogens is 2. The zero-order chi connectivity index (χ0) is 13.4. The van der Waals surface area contributed by atoms with Crippen molar-refractivity contribution in [2.75, 3.05) is 0 Å². The molecule has 0 radical (unpaired) electrons. The van der Waals surface area contributed by atoms with Crippen LogP contribution in [-0.4, -0.2) is 20.0 Å². The number of imidazole rings is 1. The number of nitrogens with zero attached hydrogens (tertiary/aromatic N) is 2. The molecule has 94 valence electrons. The number of phenolic OH excluding ortho intramolecular Hbond substituents is 1. The summed E-state index contributed by atoms with van der Waals surface area (Å²) in [6.07, 6.45) is 0. The molecule has 0 unspecified atom stereocenters. The third kappa shape index (κ3) is 1.79. The molecule has 6 heteroatoms. The van der Waals surface area contributed by atoms with Gasteiger partial charge in [-0.1, -0.05) is 18.2 Å². The van der Waals surface area contributed by atoms with Crippen LogP contribution in [0.25, 0.3) is 22.4 Å². The van der Waals surface area contributed by atoms with Gasteiger partial charge in [-0.3, -0.25) is 10.1 Å². The Morgan fingerprint density at radius 1 is 1.16 bits per heavy atom. The van der Waals surface area contributed by atoms with E-state index in [0.29, 0.717) is 11.4 Å². The fourth-order valence-corrected chi connectivity index (χ4v) is 1.95. The van der Waals surface area contributed by atoms with Gasteiger partial charge in [0.1, 0.15) is 5.82 Å². The number of benzene rings is 2. The zero-order valence-electron chi connectivity index (χ0n) is 9.70. The molecule has 2 N–H and O–H groups in total. The quantitative estimate of drug-likeness (QED) is 0.544. The lowest BCUT2D eigenvalue weighted by Gasteiger charge is -2.01. The van der Waals surface area contributed by atoms with Crippen LogP contribution in [0.4, 0.5) is 5.69 Å². The van der Waals surface area contributed by atoms with Crippen LogP contribution < -0.4 is 0 Å². The maximum Gasteiger partial charge on any atom is 0.311 e. The van der Waals surface area contributed by atoms with Crippen LogP contribution in [0, 0.1) is 10.1 Å². The molecule has 0 aliphatic heterocycles. The number of H-pyrrole nitrogens is 1. The molecule has 19 heavy (non-hydrogen) atoms. The lowest BCUT2D eigenvalue weighted by molar-refractivity contribution is -0.385. The second-order valence-electron chi connectivity index (χ2n) is 4.03. The fourth-order valence-electron chi connectivity index (χ4n) is 1.95. The Kier molecular flexibility index (Phi) is 2.42. The van der Waals surface area contributed by atoms with E-state index in [1.807, 2.05) is 24.3 Å². The van der Waals surface area contributed by atoms with E-state index in [-0.39, 0.29) is 11.4 Å². The fraction of sp³-hybridized carbons (Fsp3) is 0. The number of aromatic amines is 1. The highest BCUT2D eigenvalue weighted by Crippen LogP contribution is 2.35. The molecule has 0 saturated heterocycles. The lowest BCUT2D eigenvalue weighted by atomic mass is 10.1. The molecule has 0 amide bonds. The molecule has 3 rings (SSSR count). The average Bonchev–Trinajstić information content (AvgIpc) is 2.82. The van der Waals surface area contributed by atoms with Gasteiger partial charge in [0.25, 0.3) is 0 Å². The summed E-state index contributed by atoms with van der Waals surface area (Å²) < 4.78 is 0. The van der Waals surface area contributed by atoms with Crippen LogP contribution in [0.15, 0.2) is 42.5 Å². The number of phenols is 1. The van der Waals surface area contributed by atoms with E-state index in [1.165, 1.54) is 12.1 Å². The summed E-state index contributed by atoms with van der Waals surface area (Å²) in [4.78, 5) is 17.5. The van der Waals surface area contributed by atoms with Crippen molar-refractivity contribution in [3.63, 3.8) is 0 Å². The lowest BCUT2D eigenvalue weighted by Crippen LogP contribution is -1.90. The smallest absolute Gasteiger partial charge is 0.311 e. The molecular formula is C13H9N3O3. The molecule has 1 aromatic heterocycles. The van der Waals surface area contributed by atoms with Crippen molar-refractivity contribution < 1.29 is 10.0 Å². The summed E-state index contributed by atoms with van der Waals surface area (Å²) in [6.45, 7) is 0. The monoisotopic (exact) mass is 255 g/mol. The van der Waals surface area contributed by atoms with Gasteiger partial charge in [-0.2, -0.15) is 0 Å². The van der Waals surface area contributed by atoms with Crippen molar-refractivity contribution in [1.29, 1.82) is 0 Å². The number of nitrogens with one attached hydrogen (secondary N) is 1. The van der Waals surface area contributed by atoms with Crippen LogP contribution >= 0.6 is 0 Å². The summed E-state index contributed by atoms with van der Waals surface area (Å²) in [5, 5.41) is 20.7. The first-order valence-electron chi connectivity index (χ1n) is 5.58. The Morgan fingerprint density at radius 2 is 1.95 bits per heavy atom. The van der Waals surface area contributed by atoms with Crippen LogP contribution in [0.3, 0.4) is 0 Å². The van der Waals surface area contributed by atoms with Crippen molar-refractivity contribution in [2.45, 2.75) is 0 Å². The Balaban J connectivity index is 2.21. The summed E-state index contributed by atoms with van der Waals surface area (Å²) in [5.74, 6) is 0.0222. The minimum absolute atomic E-state index is 0.311. The van der Waals surface area contributed by atoms with Gasteiger partial charge in [0.05, 0.1) is 21.5 Å². The number of hydrogen-bond donors (Lipinski definition) is 2. The van der Waals surface area contributed by atoms with E-state index in [1.54, 1.807) is 6.07 Å². The molecule has 2 aromatic carbocycles. The Bertz CT molecular complexity index is 747. The number of aromatic hydroxyl groups is 1. The molecule has 0 aliphatic carbocycles. The van der Waals surface area contributed by atoms with Crippen LogP contribution in [0.2, 0.25) is 0 Å². The molecule has 0 bridgehead atoms. The third-order valence-electron chi connectivity index (χ3n) is 2.86. The Morgan fingerprint density at radius 3 is 2.68 bits per heavy atom. The molecule has 0 saturated carbocycles.